The number of hydrogen-bond donors (Lipinski definition) is 2. The molecule has 6 heteroatoms. The van der Waals surface area contributed by atoms with Crippen LogP contribution in [0.4, 0.5) is 5.95 Å². The number of guanidine groups is 1. The van der Waals surface area contributed by atoms with Crippen molar-refractivity contribution >= 4 is 35.2 Å². The minimum atomic E-state index is -0.0338. The highest BCUT2D eigenvalue weighted by atomic mass is 35.5. The summed E-state index contributed by atoms with van der Waals surface area (Å²) in [5.41, 5.74) is 14.7. The van der Waals surface area contributed by atoms with Crippen molar-refractivity contribution in [1.29, 1.82) is 0 Å². The first-order valence-corrected chi connectivity index (χ1v) is 5.32. The zero-order valence-corrected chi connectivity index (χ0v) is 11.4. The lowest BCUT2D eigenvalue weighted by molar-refractivity contribution is 1.11. The summed E-state index contributed by atoms with van der Waals surface area (Å²) >= 11 is 0. The Labute approximate surface area is 112 Å². The molecule has 0 atom stereocenters. The van der Waals surface area contributed by atoms with Crippen molar-refractivity contribution in [1.82, 2.24) is 9.97 Å². The van der Waals surface area contributed by atoms with Crippen LogP contribution in [0.3, 0.4) is 0 Å². The van der Waals surface area contributed by atoms with Crippen LogP contribution in [0.5, 0.6) is 0 Å². The summed E-state index contributed by atoms with van der Waals surface area (Å²) in [6.45, 7) is 5.99. The fourth-order valence-corrected chi connectivity index (χ4v) is 1.88. The zero-order valence-electron chi connectivity index (χ0n) is 10.6. The van der Waals surface area contributed by atoms with Gasteiger partial charge in [-0.2, -0.15) is 4.99 Å². The predicted octanol–water partition coefficient (Wildman–Crippen LogP) is 1.88. The Kier molecular flexibility index (Phi) is 4.08. The van der Waals surface area contributed by atoms with Gasteiger partial charge in [0.15, 0.2) is 5.96 Å². The normalized spacial score (nSPS) is 9.94. The van der Waals surface area contributed by atoms with Crippen molar-refractivity contribution in [2.75, 3.05) is 0 Å². The molecule has 1 heterocycles. The number of rotatable bonds is 1. The lowest BCUT2D eigenvalue weighted by Crippen LogP contribution is -2.22. The van der Waals surface area contributed by atoms with E-state index in [-0.39, 0.29) is 18.4 Å². The summed E-state index contributed by atoms with van der Waals surface area (Å²) < 4.78 is 0. The van der Waals surface area contributed by atoms with Crippen LogP contribution in [0.2, 0.25) is 0 Å². The zero-order chi connectivity index (χ0) is 12.6. The fourth-order valence-electron chi connectivity index (χ4n) is 1.88. The minimum absolute atomic E-state index is 0. The molecule has 0 saturated carbocycles. The van der Waals surface area contributed by atoms with E-state index in [2.05, 4.69) is 34.0 Å². The smallest absolute Gasteiger partial charge is 0.253 e. The van der Waals surface area contributed by atoms with Gasteiger partial charge in [0.1, 0.15) is 0 Å². The van der Waals surface area contributed by atoms with Gasteiger partial charge in [0.05, 0.1) is 11.2 Å². The standard InChI is InChI=1S/C12H15N5.ClH/c1-6-4-7(2)10-9(5-6)8(3)15-12(16-10)17-11(13)14;/h4-5H,1-3H3,(H4,13,14,15,16,17);1H. The molecule has 0 spiro atoms. The Morgan fingerprint density at radius 1 is 1.11 bits per heavy atom. The second kappa shape index (κ2) is 5.18. The van der Waals surface area contributed by atoms with Crippen molar-refractivity contribution in [2.45, 2.75) is 20.8 Å². The summed E-state index contributed by atoms with van der Waals surface area (Å²) in [7, 11) is 0. The topological polar surface area (TPSA) is 90.2 Å². The van der Waals surface area contributed by atoms with Crippen molar-refractivity contribution in [2.24, 2.45) is 16.5 Å². The van der Waals surface area contributed by atoms with E-state index in [0.717, 1.165) is 22.2 Å². The lowest BCUT2D eigenvalue weighted by atomic mass is 10.1. The largest absolute Gasteiger partial charge is 0.370 e. The molecule has 0 radical (unpaired) electrons. The highest BCUT2D eigenvalue weighted by Crippen LogP contribution is 2.23. The van der Waals surface area contributed by atoms with Crippen LogP contribution in [-0.2, 0) is 0 Å². The summed E-state index contributed by atoms with van der Waals surface area (Å²) in [4.78, 5) is 12.5. The van der Waals surface area contributed by atoms with Gasteiger partial charge in [-0.25, -0.2) is 9.97 Å². The molecule has 0 aliphatic rings. The Balaban J connectivity index is 0.00000162. The van der Waals surface area contributed by atoms with Crippen LogP contribution in [0.15, 0.2) is 17.1 Å². The van der Waals surface area contributed by atoms with Crippen LogP contribution >= 0.6 is 12.4 Å². The molecule has 0 saturated heterocycles. The third-order valence-corrected chi connectivity index (χ3v) is 2.54. The van der Waals surface area contributed by atoms with E-state index in [1.807, 2.05) is 13.8 Å². The third kappa shape index (κ3) is 2.68. The van der Waals surface area contributed by atoms with Crippen LogP contribution < -0.4 is 11.5 Å². The van der Waals surface area contributed by atoms with Crippen LogP contribution in [0.1, 0.15) is 16.8 Å². The highest BCUT2D eigenvalue weighted by Gasteiger charge is 2.07. The number of aliphatic imine (C=N–C) groups is 1. The molecule has 0 bridgehead atoms. The Morgan fingerprint density at radius 3 is 2.39 bits per heavy atom. The number of nitrogens with two attached hydrogens (primary N) is 2. The monoisotopic (exact) mass is 265 g/mol. The number of benzene rings is 1. The number of aryl methyl sites for hydroxylation is 3. The van der Waals surface area contributed by atoms with Crippen molar-refractivity contribution in [3.05, 3.63) is 29.0 Å². The number of hydrogen-bond acceptors (Lipinski definition) is 3. The van der Waals surface area contributed by atoms with Crippen LogP contribution in [-0.4, -0.2) is 15.9 Å². The Morgan fingerprint density at radius 2 is 1.78 bits per heavy atom. The molecule has 1 aromatic carbocycles. The molecule has 2 rings (SSSR count). The first kappa shape index (κ1) is 14.2. The number of halogens is 1. The van der Waals surface area contributed by atoms with Gasteiger partial charge in [0.2, 0.25) is 0 Å². The van der Waals surface area contributed by atoms with E-state index in [1.54, 1.807) is 0 Å². The molecule has 0 amide bonds. The lowest BCUT2D eigenvalue weighted by Gasteiger charge is -2.06. The van der Waals surface area contributed by atoms with E-state index in [1.165, 1.54) is 5.56 Å². The third-order valence-electron chi connectivity index (χ3n) is 2.54. The first-order valence-electron chi connectivity index (χ1n) is 5.32. The van der Waals surface area contributed by atoms with Gasteiger partial charge in [-0.15, -0.1) is 12.4 Å². The quantitative estimate of drug-likeness (QED) is 0.608. The molecule has 5 nitrogen and oxygen atoms in total. The van der Waals surface area contributed by atoms with Crippen molar-refractivity contribution in [3.8, 4) is 0 Å². The predicted molar refractivity (Wildman–Crippen MR) is 76.5 cm³/mol. The summed E-state index contributed by atoms with van der Waals surface area (Å²) in [5.74, 6) is 0.274. The Hall–Kier alpha value is -1.88. The second-order valence-corrected chi connectivity index (χ2v) is 4.12. The SMILES string of the molecule is Cc1cc(C)c2nc(N=C(N)N)nc(C)c2c1.Cl. The van der Waals surface area contributed by atoms with Gasteiger partial charge in [0.25, 0.3) is 5.95 Å². The summed E-state index contributed by atoms with van der Waals surface area (Å²) in [6, 6.07) is 4.14. The maximum atomic E-state index is 5.33. The van der Waals surface area contributed by atoms with Crippen LogP contribution in [0.25, 0.3) is 10.9 Å². The average Bonchev–Trinajstić information content (AvgIpc) is 2.19. The highest BCUT2D eigenvalue weighted by molar-refractivity contribution is 5.86. The van der Waals surface area contributed by atoms with Gasteiger partial charge in [0, 0.05) is 5.39 Å². The Bertz CT molecular complexity index is 617. The van der Waals surface area contributed by atoms with E-state index in [0.29, 0.717) is 5.95 Å². The van der Waals surface area contributed by atoms with Crippen LogP contribution in [0, 0.1) is 20.8 Å². The number of aromatic nitrogens is 2. The first-order chi connectivity index (χ1) is 7.97. The summed E-state index contributed by atoms with van der Waals surface area (Å²) in [6.07, 6.45) is 0. The molecular formula is C12H16ClN5. The molecular weight excluding hydrogens is 250 g/mol. The maximum absolute atomic E-state index is 5.33. The van der Waals surface area contributed by atoms with E-state index in [9.17, 15) is 0 Å². The van der Waals surface area contributed by atoms with Gasteiger partial charge < -0.3 is 11.5 Å². The van der Waals surface area contributed by atoms with Gasteiger partial charge in [-0.05, 0) is 32.4 Å². The molecule has 1 aromatic heterocycles. The van der Waals surface area contributed by atoms with Crippen molar-refractivity contribution < 1.29 is 0 Å². The van der Waals surface area contributed by atoms with Gasteiger partial charge in [-0.1, -0.05) is 11.6 Å². The fraction of sp³-hybridized carbons (Fsp3) is 0.250. The second-order valence-electron chi connectivity index (χ2n) is 4.12. The number of fused-ring (bicyclic) bond motifs is 1. The molecule has 4 N–H and O–H groups in total. The molecule has 2 aromatic rings. The van der Waals surface area contributed by atoms with E-state index in [4.69, 9.17) is 11.5 Å². The molecule has 18 heavy (non-hydrogen) atoms. The average molecular weight is 266 g/mol. The van der Waals surface area contributed by atoms with Gasteiger partial charge in [-0.3, -0.25) is 0 Å². The summed E-state index contributed by atoms with van der Waals surface area (Å²) in [5, 5.41) is 1.04. The molecule has 0 unspecified atom stereocenters. The van der Waals surface area contributed by atoms with E-state index < -0.39 is 0 Å². The number of nitrogens with zero attached hydrogens (tertiary/aromatic N) is 3. The maximum Gasteiger partial charge on any atom is 0.253 e. The molecule has 96 valence electrons. The molecule has 0 aliphatic carbocycles. The molecule has 0 fully saturated rings. The minimum Gasteiger partial charge on any atom is -0.370 e. The van der Waals surface area contributed by atoms with Gasteiger partial charge >= 0.3 is 0 Å². The molecule has 0 aliphatic heterocycles. The van der Waals surface area contributed by atoms with Crippen molar-refractivity contribution in [3.63, 3.8) is 0 Å². The van der Waals surface area contributed by atoms with E-state index >= 15 is 0 Å².